The van der Waals surface area contributed by atoms with Gasteiger partial charge in [-0.3, -0.25) is 14.4 Å². The van der Waals surface area contributed by atoms with Gasteiger partial charge in [0, 0.05) is 75.1 Å². The molecule has 0 N–H and O–H groups in total. The first-order valence-corrected chi connectivity index (χ1v) is 13.2. The minimum atomic E-state index is -0.441. The zero-order chi connectivity index (χ0) is 25.8. The standard InChI is InChI=1S/C28H32FN5O3/c1-3-31-17-21(27(36)20-14-22(29)25(15-24(20)31)32-11-9-30(2)10-12-32)28(37)33-8-7-18-13-19(33)16-34-23(18)5-4-6-26(34)35/h4-6,14-15,17-19H,3,7-13,16H2,1-2H3/t18-,19-/m1/s1. The van der Waals surface area contributed by atoms with Crippen LogP contribution in [0.5, 0.6) is 0 Å². The molecular formula is C28H32FN5O3. The SMILES string of the molecule is CCn1cc(C(=O)N2CC[C@@H]3C[C@@H]2Cn2c3cccc2=O)c(=O)c2cc(F)c(N3CCN(C)CC3)cc21. The van der Waals surface area contributed by atoms with Crippen molar-refractivity contribution in [2.24, 2.45) is 0 Å². The van der Waals surface area contributed by atoms with Gasteiger partial charge in [0.25, 0.3) is 11.5 Å². The largest absolute Gasteiger partial charge is 0.367 e. The Morgan fingerprint density at radius 1 is 1.08 bits per heavy atom. The third-order valence-corrected chi connectivity index (χ3v) is 8.44. The number of hydrogen-bond donors (Lipinski definition) is 0. The van der Waals surface area contributed by atoms with Crippen molar-refractivity contribution in [1.29, 1.82) is 0 Å². The van der Waals surface area contributed by atoms with E-state index in [-0.39, 0.29) is 34.4 Å². The number of fused-ring (bicyclic) bond motifs is 5. The van der Waals surface area contributed by atoms with Gasteiger partial charge in [0.2, 0.25) is 5.43 Å². The molecule has 0 radical (unpaired) electrons. The molecule has 0 saturated carbocycles. The number of benzene rings is 1. The maximum Gasteiger partial charge on any atom is 0.259 e. The summed E-state index contributed by atoms with van der Waals surface area (Å²) in [5, 5.41) is 0.225. The minimum Gasteiger partial charge on any atom is -0.367 e. The van der Waals surface area contributed by atoms with Crippen LogP contribution in [0, 0.1) is 5.82 Å². The zero-order valence-electron chi connectivity index (χ0n) is 21.3. The molecular weight excluding hydrogens is 473 g/mol. The molecule has 2 saturated heterocycles. The molecule has 37 heavy (non-hydrogen) atoms. The summed E-state index contributed by atoms with van der Waals surface area (Å²) in [7, 11) is 2.05. The summed E-state index contributed by atoms with van der Waals surface area (Å²) in [4.78, 5) is 45.8. The van der Waals surface area contributed by atoms with Crippen LogP contribution in [0.1, 0.15) is 41.7 Å². The number of piperazine rings is 1. The topological polar surface area (TPSA) is 70.8 Å². The fourth-order valence-electron chi connectivity index (χ4n) is 6.32. The summed E-state index contributed by atoms with van der Waals surface area (Å²) < 4.78 is 19.0. The van der Waals surface area contributed by atoms with E-state index in [9.17, 15) is 14.4 Å². The molecule has 2 fully saturated rings. The third kappa shape index (κ3) is 3.96. The van der Waals surface area contributed by atoms with Crippen molar-refractivity contribution in [1.82, 2.24) is 18.9 Å². The Morgan fingerprint density at radius 2 is 1.86 bits per heavy atom. The van der Waals surface area contributed by atoms with Gasteiger partial charge < -0.3 is 23.8 Å². The number of rotatable bonds is 3. The fraction of sp³-hybridized carbons (Fsp3) is 0.464. The molecule has 1 amide bonds. The van der Waals surface area contributed by atoms with E-state index in [4.69, 9.17) is 0 Å². The van der Waals surface area contributed by atoms with E-state index in [0.29, 0.717) is 30.8 Å². The third-order valence-electron chi connectivity index (χ3n) is 8.44. The zero-order valence-corrected chi connectivity index (χ0v) is 21.3. The van der Waals surface area contributed by atoms with E-state index in [1.165, 1.54) is 6.07 Å². The molecule has 8 nitrogen and oxygen atoms in total. The summed E-state index contributed by atoms with van der Waals surface area (Å²) in [6.07, 6.45) is 3.14. The van der Waals surface area contributed by atoms with Crippen LogP contribution < -0.4 is 15.9 Å². The number of nitrogens with zero attached hydrogens (tertiary/aromatic N) is 5. The molecule has 2 aromatic heterocycles. The molecule has 3 aliphatic heterocycles. The average Bonchev–Trinajstić information content (AvgIpc) is 2.90. The summed E-state index contributed by atoms with van der Waals surface area (Å²) in [5.74, 6) is -0.554. The Balaban J connectivity index is 1.37. The molecule has 3 aliphatic rings. The Labute approximate surface area is 214 Å². The lowest BCUT2D eigenvalue weighted by Gasteiger charge is -2.44. The molecule has 2 atom stereocenters. The van der Waals surface area contributed by atoms with E-state index >= 15 is 4.39 Å². The number of halogens is 1. The number of aryl methyl sites for hydroxylation is 1. The molecule has 3 aromatic rings. The second-order valence-corrected chi connectivity index (χ2v) is 10.5. The van der Waals surface area contributed by atoms with Crippen molar-refractivity contribution < 1.29 is 9.18 Å². The number of likely N-dealkylation sites (tertiary alicyclic amines) is 1. The first-order chi connectivity index (χ1) is 17.9. The van der Waals surface area contributed by atoms with E-state index in [0.717, 1.165) is 44.7 Å². The predicted molar refractivity (Wildman–Crippen MR) is 141 cm³/mol. The first kappa shape index (κ1) is 23.9. The summed E-state index contributed by atoms with van der Waals surface area (Å²) >= 11 is 0. The van der Waals surface area contributed by atoms with Crippen molar-refractivity contribution in [3.8, 4) is 0 Å². The number of carbonyl (C=O) groups excluding carboxylic acids is 1. The maximum atomic E-state index is 15.3. The van der Waals surface area contributed by atoms with Crippen molar-refractivity contribution in [3.63, 3.8) is 0 Å². The van der Waals surface area contributed by atoms with E-state index in [1.54, 1.807) is 33.9 Å². The molecule has 0 aliphatic carbocycles. The van der Waals surface area contributed by atoms with Gasteiger partial charge in [-0.2, -0.15) is 0 Å². The lowest BCUT2D eigenvalue weighted by Crippen LogP contribution is -2.53. The fourth-order valence-corrected chi connectivity index (χ4v) is 6.32. The van der Waals surface area contributed by atoms with Gasteiger partial charge in [-0.1, -0.05) is 6.07 Å². The quantitative estimate of drug-likeness (QED) is 0.547. The molecule has 5 heterocycles. The highest BCUT2D eigenvalue weighted by Crippen LogP contribution is 2.36. The van der Waals surface area contributed by atoms with Gasteiger partial charge in [0.1, 0.15) is 11.4 Å². The van der Waals surface area contributed by atoms with Crippen LogP contribution >= 0.6 is 0 Å². The van der Waals surface area contributed by atoms with Crippen LogP contribution in [0.15, 0.2) is 46.1 Å². The number of hydrogen-bond acceptors (Lipinski definition) is 5. The Bertz CT molecular complexity index is 1500. The van der Waals surface area contributed by atoms with Crippen LogP contribution in [0.4, 0.5) is 10.1 Å². The second-order valence-electron chi connectivity index (χ2n) is 10.5. The van der Waals surface area contributed by atoms with Gasteiger partial charge in [0.05, 0.1) is 17.2 Å². The van der Waals surface area contributed by atoms with Crippen LogP contribution in [0.3, 0.4) is 0 Å². The Kier molecular flexibility index (Phi) is 5.90. The number of piperidine rings is 1. The summed E-state index contributed by atoms with van der Waals surface area (Å²) in [6.45, 7) is 6.57. The molecule has 2 bridgehead atoms. The van der Waals surface area contributed by atoms with Crippen LogP contribution in [0.25, 0.3) is 10.9 Å². The monoisotopic (exact) mass is 505 g/mol. The Morgan fingerprint density at radius 3 is 2.62 bits per heavy atom. The molecule has 9 heteroatoms. The van der Waals surface area contributed by atoms with Gasteiger partial charge in [-0.05, 0) is 45.0 Å². The lowest BCUT2D eigenvalue weighted by atomic mass is 9.84. The van der Waals surface area contributed by atoms with E-state index in [1.807, 2.05) is 29.5 Å². The summed E-state index contributed by atoms with van der Waals surface area (Å²) in [5.41, 5.74) is 1.72. The number of anilines is 1. The molecule has 6 rings (SSSR count). The second kappa shape index (κ2) is 9.13. The van der Waals surface area contributed by atoms with Crippen molar-refractivity contribution in [3.05, 3.63) is 74.2 Å². The lowest BCUT2D eigenvalue weighted by molar-refractivity contribution is 0.0515. The van der Waals surface area contributed by atoms with Gasteiger partial charge in [-0.15, -0.1) is 0 Å². The normalized spacial score (nSPS) is 21.8. The van der Waals surface area contributed by atoms with Gasteiger partial charge in [0.15, 0.2) is 0 Å². The highest BCUT2D eigenvalue weighted by molar-refractivity contribution is 5.98. The van der Waals surface area contributed by atoms with Gasteiger partial charge in [-0.25, -0.2) is 4.39 Å². The van der Waals surface area contributed by atoms with Crippen molar-refractivity contribution >= 4 is 22.5 Å². The van der Waals surface area contributed by atoms with Crippen LogP contribution in [0.2, 0.25) is 0 Å². The van der Waals surface area contributed by atoms with Gasteiger partial charge >= 0.3 is 0 Å². The van der Waals surface area contributed by atoms with Crippen LogP contribution in [-0.4, -0.2) is 70.7 Å². The number of amides is 1. The average molecular weight is 506 g/mol. The Hall–Kier alpha value is -3.46. The number of pyridine rings is 2. The van der Waals surface area contributed by atoms with Crippen molar-refractivity contribution in [2.75, 3.05) is 44.7 Å². The predicted octanol–water partition coefficient (Wildman–Crippen LogP) is 2.48. The highest BCUT2D eigenvalue weighted by Gasteiger charge is 2.38. The summed E-state index contributed by atoms with van der Waals surface area (Å²) in [6, 6.07) is 8.24. The highest BCUT2D eigenvalue weighted by atomic mass is 19.1. The molecule has 0 unspecified atom stereocenters. The molecule has 1 aromatic carbocycles. The number of carbonyl (C=O) groups is 1. The molecule has 194 valence electrons. The van der Waals surface area contributed by atoms with E-state index < -0.39 is 11.2 Å². The number of aromatic nitrogens is 2. The maximum absolute atomic E-state index is 15.3. The van der Waals surface area contributed by atoms with Crippen LogP contribution in [-0.2, 0) is 13.1 Å². The van der Waals surface area contributed by atoms with Crippen molar-refractivity contribution in [2.45, 2.75) is 44.8 Å². The molecule has 0 spiro atoms. The minimum absolute atomic E-state index is 0.0609. The number of likely N-dealkylation sites (N-methyl/N-ethyl adjacent to an activating group) is 1. The smallest absolute Gasteiger partial charge is 0.259 e. The first-order valence-electron chi connectivity index (χ1n) is 13.2. The van der Waals surface area contributed by atoms with E-state index in [2.05, 4.69) is 4.90 Å².